The molecule has 8 nitrogen and oxygen atoms in total. The first-order valence-electron chi connectivity index (χ1n) is 12.5. The quantitative estimate of drug-likeness (QED) is 0.429. The average Bonchev–Trinajstić information content (AvgIpc) is 3.29. The Morgan fingerprint density at radius 2 is 1.94 bits per heavy atom. The number of aromatic amines is 1. The highest BCUT2D eigenvalue weighted by Crippen LogP contribution is 2.25. The lowest BCUT2D eigenvalue weighted by atomic mass is 10.1. The molecule has 8 heteroatoms. The molecule has 0 spiro atoms. The fraction of sp³-hybridized carbons (Fsp3) is 0.407. The number of aromatic nitrogens is 3. The summed E-state index contributed by atoms with van der Waals surface area (Å²) in [5.41, 5.74) is 3.94. The van der Waals surface area contributed by atoms with Gasteiger partial charge in [-0.3, -0.25) is 14.7 Å². The van der Waals surface area contributed by atoms with E-state index >= 15 is 0 Å². The maximum absolute atomic E-state index is 12.9. The van der Waals surface area contributed by atoms with Gasteiger partial charge in [0.1, 0.15) is 5.69 Å². The van der Waals surface area contributed by atoms with E-state index in [9.17, 15) is 4.79 Å². The van der Waals surface area contributed by atoms with Gasteiger partial charge in [-0.05, 0) is 57.3 Å². The minimum absolute atomic E-state index is 0.0514. The number of benzene rings is 1. The van der Waals surface area contributed by atoms with Crippen molar-refractivity contribution in [1.29, 1.82) is 0 Å². The highest BCUT2D eigenvalue weighted by Gasteiger charge is 2.34. The van der Waals surface area contributed by atoms with Crippen LogP contribution in [0.1, 0.15) is 57.7 Å². The number of hydrogen-bond acceptors (Lipinski definition) is 6. The van der Waals surface area contributed by atoms with Gasteiger partial charge in [0, 0.05) is 48.1 Å². The van der Waals surface area contributed by atoms with Crippen LogP contribution in [0.2, 0.25) is 0 Å². The number of hydrogen-bond donors (Lipinski definition) is 2. The molecule has 1 fully saturated rings. The van der Waals surface area contributed by atoms with E-state index in [0.29, 0.717) is 17.7 Å². The summed E-state index contributed by atoms with van der Waals surface area (Å²) < 4.78 is 0. The van der Waals surface area contributed by atoms with Gasteiger partial charge in [0.05, 0.1) is 11.4 Å². The fourth-order valence-electron chi connectivity index (χ4n) is 4.21. The average molecular weight is 476 g/mol. The van der Waals surface area contributed by atoms with Crippen LogP contribution < -0.4 is 5.32 Å². The summed E-state index contributed by atoms with van der Waals surface area (Å²) in [6.45, 7) is 15.7. The van der Waals surface area contributed by atoms with Gasteiger partial charge < -0.3 is 15.2 Å². The Hall–Kier alpha value is -3.52. The van der Waals surface area contributed by atoms with Crippen molar-refractivity contribution >= 4 is 40.4 Å². The van der Waals surface area contributed by atoms with Crippen molar-refractivity contribution in [2.24, 2.45) is 4.99 Å². The predicted octanol–water partition coefficient (Wildman–Crippen LogP) is 5.35. The topological polar surface area (TPSA) is 89.5 Å². The molecule has 186 valence electrons. The molecule has 0 bridgehead atoms. The zero-order chi connectivity index (χ0) is 25.4. The summed E-state index contributed by atoms with van der Waals surface area (Å²) in [5.74, 6) is 0.544. The Morgan fingerprint density at radius 1 is 1.20 bits per heavy atom. The molecule has 0 saturated carbocycles. The number of anilines is 2. The van der Waals surface area contributed by atoms with E-state index < -0.39 is 0 Å². The number of allylic oxidation sites excluding steroid dienone is 1. The van der Waals surface area contributed by atoms with Crippen molar-refractivity contribution in [3.05, 3.63) is 54.0 Å². The number of likely N-dealkylation sites (tertiary alicyclic amines) is 1. The lowest BCUT2D eigenvalue weighted by Gasteiger charge is -2.44. The van der Waals surface area contributed by atoms with Crippen LogP contribution in [0.5, 0.6) is 0 Å². The smallest absolute Gasteiger partial charge is 0.270 e. The third kappa shape index (κ3) is 5.95. The van der Waals surface area contributed by atoms with E-state index in [2.05, 4.69) is 44.0 Å². The Balaban J connectivity index is 0.00000167. The van der Waals surface area contributed by atoms with Gasteiger partial charge in [0.15, 0.2) is 0 Å². The van der Waals surface area contributed by atoms with E-state index in [1.165, 1.54) is 0 Å². The van der Waals surface area contributed by atoms with Crippen LogP contribution in [-0.4, -0.2) is 69.1 Å². The third-order valence-electron chi connectivity index (χ3n) is 6.05. The number of carbonyl (C=O) groups is 1. The van der Waals surface area contributed by atoms with Crippen molar-refractivity contribution < 1.29 is 4.79 Å². The van der Waals surface area contributed by atoms with Crippen LogP contribution >= 0.6 is 0 Å². The fourth-order valence-corrected chi connectivity index (χ4v) is 4.21. The molecule has 35 heavy (non-hydrogen) atoms. The first-order valence-corrected chi connectivity index (χ1v) is 12.5. The molecule has 3 aromatic rings. The maximum Gasteiger partial charge on any atom is 0.270 e. The molecular weight excluding hydrogens is 438 g/mol. The molecule has 1 aliphatic heterocycles. The summed E-state index contributed by atoms with van der Waals surface area (Å²) >= 11 is 0. The molecule has 0 atom stereocenters. The summed E-state index contributed by atoms with van der Waals surface area (Å²) in [6.07, 6.45) is 5.37. The van der Waals surface area contributed by atoms with Crippen molar-refractivity contribution in [3.8, 4) is 0 Å². The second kappa shape index (κ2) is 12.3. The summed E-state index contributed by atoms with van der Waals surface area (Å²) in [6, 6.07) is 10.1. The molecule has 1 aromatic carbocycles. The van der Waals surface area contributed by atoms with Gasteiger partial charge in [0.25, 0.3) is 5.91 Å². The Kier molecular flexibility index (Phi) is 9.14. The van der Waals surface area contributed by atoms with Gasteiger partial charge >= 0.3 is 0 Å². The number of amides is 1. The minimum atomic E-state index is 0.0514. The molecule has 1 saturated heterocycles. The van der Waals surface area contributed by atoms with Crippen LogP contribution in [0.3, 0.4) is 0 Å². The number of fused-ring (bicyclic) bond motifs is 1. The monoisotopic (exact) mass is 475 g/mol. The van der Waals surface area contributed by atoms with E-state index in [0.717, 1.165) is 54.2 Å². The van der Waals surface area contributed by atoms with Gasteiger partial charge in [-0.1, -0.05) is 33.8 Å². The van der Waals surface area contributed by atoms with Crippen molar-refractivity contribution in [3.63, 3.8) is 0 Å². The molecule has 1 amide bonds. The van der Waals surface area contributed by atoms with Crippen molar-refractivity contribution in [1.82, 2.24) is 24.8 Å². The largest absolute Gasteiger partial charge is 0.351 e. The number of likely N-dealkylation sites (N-methyl/N-ethyl adjacent to an activating group) is 1. The molecule has 2 N–H and O–H groups in total. The Labute approximate surface area is 208 Å². The lowest BCUT2D eigenvalue weighted by molar-refractivity contribution is 0.0291. The van der Waals surface area contributed by atoms with Gasteiger partial charge in [-0.2, -0.15) is 0 Å². The number of nitrogens with zero attached hydrogens (tertiary/aromatic N) is 5. The zero-order valence-electron chi connectivity index (χ0n) is 21.7. The number of nitrogens with one attached hydrogen (secondary N) is 2. The molecular formula is C27H37N7O. The third-order valence-corrected chi connectivity index (χ3v) is 6.05. The molecule has 0 unspecified atom stereocenters. The summed E-state index contributed by atoms with van der Waals surface area (Å²) in [4.78, 5) is 33.7. The Bertz CT molecular complexity index is 1190. The van der Waals surface area contributed by atoms with Crippen LogP contribution in [0.4, 0.5) is 11.6 Å². The summed E-state index contributed by atoms with van der Waals surface area (Å²) in [5, 5.41) is 4.22. The maximum atomic E-state index is 12.9. The van der Waals surface area contributed by atoms with Crippen molar-refractivity contribution in [2.45, 2.75) is 47.6 Å². The predicted molar refractivity (Wildman–Crippen MR) is 145 cm³/mol. The molecule has 0 radical (unpaired) electrons. The number of aliphatic imine (C=N–C) groups is 1. The first kappa shape index (κ1) is 26.1. The van der Waals surface area contributed by atoms with Crippen LogP contribution in [-0.2, 0) is 0 Å². The van der Waals surface area contributed by atoms with Crippen molar-refractivity contribution in [2.75, 3.05) is 31.5 Å². The second-order valence-electron chi connectivity index (χ2n) is 8.02. The van der Waals surface area contributed by atoms with Gasteiger partial charge in [0.2, 0.25) is 5.95 Å². The van der Waals surface area contributed by atoms with E-state index in [4.69, 9.17) is 0 Å². The normalized spacial score (nSPS) is 14.3. The number of rotatable bonds is 8. The zero-order valence-corrected chi connectivity index (χ0v) is 21.7. The van der Waals surface area contributed by atoms with Crippen LogP contribution in [0.25, 0.3) is 16.6 Å². The SMILES string of the molecule is CC.CC=N/C(=C\C)c1ccnc(Nc2ccc3[nH]c(C(=O)N4CC(N(CC)CC)C4)cc3c2)n1. The standard InChI is InChI=1S/C25H31N7O.C2H6/c1-5-20(26-6-2)22-11-12-27-25(30-22)28-18-9-10-21-17(13-18)14-23(29-21)24(33)32-15-19(16-32)31(7-3)8-4;1-2/h5-6,9-14,19,29H,7-8,15-16H2,1-4H3,(H,27,28,30);1-2H3/b20-5-,26-6?;. The molecule has 0 aliphatic carbocycles. The van der Waals surface area contributed by atoms with E-state index in [1.54, 1.807) is 12.4 Å². The lowest BCUT2D eigenvalue weighted by Crippen LogP contribution is -2.61. The van der Waals surface area contributed by atoms with Gasteiger partial charge in [-0.15, -0.1) is 0 Å². The van der Waals surface area contributed by atoms with Gasteiger partial charge in [-0.25, -0.2) is 9.97 Å². The Morgan fingerprint density at radius 3 is 2.60 bits per heavy atom. The molecule has 3 heterocycles. The number of H-pyrrole nitrogens is 1. The molecule has 1 aliphatic rings. The van der Waals surface area contributed by atoms with Crippen LogP contribution in [0, 0.1) is 0 Å². The molecule has 2 aromatic heterocycles. The van der Waals surface area contributed by atoms with Crippen LogP contribution in [0.15, 0.2) is 47.6 Å². The second-order valence-corrected chi connectivity index (χ2v) is 8.02. The summed E-state index contributed by atoms with van der Waals surface area (Å²) in [7, 11) is 0. The highest BCUT2D eigenvalue weighted by molar-refractivity contribution is 5.99. The minimum Gasteiger partial charge on any atom is -0.351 e. The van der Waals surface area contributed by atoms with E-state index in [1.807, 2.05) is 69.0 Å². The molecule has 4 rings (SSSR count). The first-order chi connectivity index (χ1) is 17.1. The highest BCUT2D eigenvalue weighted by atomic mass is 16.2. The number of carbonyl (C=O) groups excluding carboxylic acids is 1. The van der Waals surface area contributed by atoms with E-state index in [-0.39, 0.29) is 5.91 Å².